The Bertz CT molecular complexity index is 2540. The third kappa shape index (κ3) is 7.73. The second-order valence-corrected chi connectivity index (χ2v) is 20.3. The molecule has 0 radical (unpaired) electrons. The quantitative estimate of drug-likeness (QED) is 0.0635. The molecule has 296 valence electrons. The van der Waals surface area contributed by atoms with E-state index >= 15 is 0 Å². The van der Waals surface area contributed by atoms with Gasteiger partial charge in [-0.3, -0.25) is 13.7 Å². The minimum atomic E-state index is -4.93. The van der Waals surface area contributed by atoms with E-state index in [1.54, 1.807) is 6.07 Å². The van der Waals surface area contributed by atoms with Crippen molar-refractivity contribution in [2.24, 2.45) is 0 Å². The van der Waals surface area contributed by atoms with E-state index in [0.29, 0.717) is 28.7 Å². The number of nitrogens with zero attached hydrogens (tertiary/aromatic N) is 2. The smallest absolute Gasteiger partial charge is 0.295 e. The zero-order valence-electron chi connectivity index (χ0n) is 32.2. The first-order valence-corrected chi connectivity index (χ1v) is 23.1. The SMILES string of the molecule is CCCCC[N+]1=C(CCCCCC2N(c3cccc(S(=O)(=O)O)c3)c3cc(S(=O)(=O)O)c4cc(S(=O)(=O)O)ccc4c3C2(C)C)C(C)(C)c2cc(C)ccc21. The second kappa shape index (κ2) is 14.7. The number of fused-ring (bicyclic) bond motifs is 4. The number of hydrogen-bond donors (Lipinski definition) is 3. The van der Waals surface area contributed by atoms with Gasteiger partial charge in [0.15, 0.2) is 5.71 Å². The summed E-state index contributed by atoms with van der Waals surface area (Å²) in [6, 6.07) is 17.1. The molecule has 0 spiro atoms. The molecular formula is C41H51N2O9S3+. The lowest BCUT2D eigenvalue weighted by atomic mass is 9.76. The molecule has 1 unspecified atom stereocenters. The van der Waals surface area contributed by atoms with Gasteiger partial charge in [0, 0.05) is 52.7 Å². The Morgan fingerprint density at radius 1 is 0.727 bits per heavy atom. The number of unbranched alkanes of at least 4 members (excludes halogenated alkanes) is 4. The van der Waals surface area contributed by atoms with E-state index in [0.717, 1.165) is 57.6 Å². The first kappa shape index (κ1) is 41.0. The maximum atomic E-state index is 12.9. The molecule has 0 fully saturated rings. The highest BCUT2D eigenvalue weighted by atomic mass is 32.2. The van der Waals surface area contributed by atoms with E-state index in [4.69, 9.17) is 0 Å². The molecule has 0 aliphatic carbocycles. The zero-order chi connectivity index (χ0) is 40.3. The Morgan fingerprint density at radius 3 is 2.07 bits per heavy atom. The Hall–Kier alpha value is -3.66. The molecule has 0 aromatic heterocycles. The van der Waals surface area contributed by atoms with Crippen LogP contribution < -0.4 is 4.90 Å². The van der Waals surface area contributed by atoms with E-state index in [-0.39, 0.29) is 21.7 Å². The van der Waals surface area contributed by atoms with Crippen LogP contribution in [-0.2, 0) is 41.2 Å². The van der Waals surface area contributed by atoms with E-state index in [9.17, 15) is 38.9 Å². The fourth-order valence-corrected chi connectivity index (χ4v) is 10.6. The molecule has 0 amide bonds. The molecule has 4 aromatic rings. The number of aryl methyl sites for hydroxylation is 1. The van der Waals surface area contributed by atoms with Crippen LogP contribution in [-0.4, -0.2) is 61.8 Å². The number of benzene rings is 4. The summed E-state index contributed by atoms with van der Waals surface area (Å²) in [6.45, 7) is 13.9. The van der Waals surface area contributed by atoms with Gasteiger partial charge in [-0.2, -0.15) is 29.8 Å². The lowest BCUT2D eigenvalue weighted by Crippen LogP contribution is -2.39. The van der Waals surface area contributed by atoms with Crippen LogP contribution in [0.5, 0.6) is 0 Å². The van der Waals surface area contributed by atoms with Crippen LogP contribution in [0.4, 0.5) is 17.1 Å². The molecule has 14 heteroatoms. The Morgan fingerprint density at radius 2 is 1.42 bits per heavy atom. The van der Waals surface area contributed by atoms with Crippen molar-refractivity contribution in [2.75, 3.05) is 11.4 Å². The van der Waals surface area contributed by atoms with E-state index in [1.165, 1.54) is 58.9 Å². The van der Waals surface area contributed by atoms with Crippen LogP contribution >= 0.6 is 0 Å². The maximum Gasteiger partial charge on any atom is 0.295 e. The van der Waals surface area contributed by atoms with Crippen molar-refractivity contribution in [1.29, 1.82) is 0 Å². The Labute approximate surface area is 325 Å². The molecule has 0 saturated carbocycles. The summed E-state index contributed by atoms with van der Waals surface area (Å²) >= 11 is 0. The highest BCUT2D eigenvalue weighted by Crippen LogP contribution is 2.54. The number of hydrogen-bond acceptors (Lipinski definition) is 7. The van der Waals surface area contributed by atoms with Gasteiger partial charge in [-0.25, -0.2) is 0 Å². The van der Waals surface area contributed by atoms with Crippen LogP contribution in [0.2, 0.25) is 0 Å². The van der Waals surface area contributed by atoms with Crippen molar-refractivity contribution in [3.8, 4) is 0 Å². The summed E-state index contributed by atoms with van der Waals surface area (Å²) < 4.78 is 107. The second-order valence-electron chi connectivity index (χ2n) is 16.1. The highest BCUT2D eigenvalue weighted by molar-refractivity contribution is 7.86. The summed E-state index contributed by atoms with van der Waals surface area (Å²) in [7, 11) is -14.2. The number of rotatable bonds is 14. The molecule has 0 bridgehead atoms. The van der Waals surface area contributed by atoms with Gasteiger partial charge >= 0.3 is 0 Å². The predicted octanol–water partition coefficient (Wildman–Crippen LogP) is 8.90. The van der Waals surface area contributed by atoms with Crippen molar-refractivity contribution in [1.82, 2.24) is 0 Å². The topological polar surface area (TPSA) is 169 Å². The van der Waals surface area contributed by atoms with Crippen LogP contribution in [0.3, 0.4) is 0 Å². The summed E-state index contributed by atoms with van der Waals surface area (Å²) in [5.41, 5.74) is 5.90. The molecule has 1 atom stereocenters. The van der Waals surface area contributed by atoms with Crippen molar-refractivity contribution in [2.45, 2.75) is 124 Å². The average molecular weight is 812 g/mol. The molecule has 2 aliphatic rings. The molecule has 2 aliphatic heterocycles. The van der Waals surface area contributed by atoms with Crippen LogP contribution in [0.1, 0.15) is 103 Å². The normalized spacial score (nSPS) is 17.9. The van der Waals surface area contributed by atoms with Crippen LogP contribution in [0.25, 0.3) is 10.8 Å². The summed E-state index contributed by atoms with van der Waals surface area (Å²) in [5, 5.41) is 0.284. The predicted molar refractivity (Wildman–Crippen MR) is 215 cm³/mol. The monoisotopic (exact) mass is 811 g/mol. The Balaban J connectivity index is 1.37. The van der Waals surface area contributed by atoms with Gasteiger partial charge in [0.25, 0.3) is 30.4 Å². The molecule has 4 aromatic carbocycles. The summed E-state index contributed by atoms with van der Waals surface area (Å²) in [4.78, 5) is 0.438. The van der Waals surface area contributed by atoms with Gasteiger partial charge in [0.05, 0.1) is 15.2 Å². The van der Waals surface area contributed by atoms with Gasteiger partial charge in [-0.1, -0.05) is 63.8 Å². The van der Waals surface area contributed by atoms with Crippen LogP contribution in [0, 0.1) is 6.92 Å². The van der Waals surface area contributed by atoms with Gasteiger partial charge < -0.3 is 4.90 Å². The first-order chi connectivity index (χ1) is 25.6. The minimum Gasteiger partial charge on any atom is -0.337 e. The summed E-state index contributed by atoms with van der Waals surface area (Å²) in [6.07, 6.45) is 7.54. The molecule has 2 heterocycles. The van der Waals surface area contributed by atoms with Gasteiger partial charge in [-0.05, 0) is 93.4 Å². The van der Waals surface area contributed by atoms with E-state index in [2.05, 4.69) is 50.5 Å². The first-order valence-electron chi connectivity index (χ1n) is 18.8. The third-order valence-corrected chi connectivity index (χ3v) is 14.2. The lowest BCUT2D eigenvalue weighted by molar-refractivity contribution is -0.440. The zero-order valence-corrected chi connectivity index (χ0v) is 34.7. The third-order valence-electron chi connectivity index (χ3n) is 11.6. The van der Waals surface area contributed by atoms with Crippen molar-refractivity contribution in [3.05, 3.63) is 83.4 Å². The van der Waals surface area contributed by atoms with Gasteiger partial charge in [-0.15, -0.1) is 0 Å². The minimum absolute atomic E-state index is 0.0763. The van der Waals surface area contributed by atoms with Gasteiger partial charge in [0.2, 0.25) is 5.69 Å². The average Bonchev–Trinajstić information content (AvgIpc) is 3.44. The fourth-order valence-electron chi connectivity index (χ4n) is 8.91. The molecule has 6 rings (SSSR count). The van der Waals surface area contributed by atoms with Crippen molar-refractivity contribution < 1.29 is 43.5 Å². The maximum absolute atomic E-state index is 12.9. The molecular weight excluding hydrogens is 761 g/mol. The van der Waals surface area contributed by atoms with Crippen LogP contribution in [0.15, 0.2) is 81.4 Å². The summed E-state index contributed by atoms with van der Waals surface area (Å²) in [5.74, 6) is 0. The lowest BCUT2D eigenvalue weighted by Gasteiger charge is -2.35. The van der Waals surface area contributed by atoms with E-state index < -0.39 is 45.6 Å². The molecule has 3 N–H and O–H groups in total. The Kier molecular flexibility index (Phi) is 10.9. The van der Waals surface area contributed by atoms with E-state index in [1.807, 2.05) is 18.7 Å². The number of anilines is 2. The standard InChI is InChI=1S/C41H50N2O9S3/c1-7-8-12-22-42-34-21-18-27(2)23-33(34)40(3,4)37(42)16-10-9-11-17-38-41(5,6)39-31-20-19-30(54(47,48)49)25-32(31)36(55(50,51)52)26-35(39)43(38)28-14-13-15-29(24-28)53(44,45)46/h13-15,18-21,23-26,38H,7-12,16-17,22H2,1-6H3,(H2-,44,45,46,47,48,49,50,51,52)/p+1. The molecule has 55 heavy (non-hydrogen) atoms. The largest absolute Gasteiger partial charge is 0.337 e. The van der Waals surface area contributed by atoms with Gasteiger partial charge in [0.1, 0.15) is 11.4 Å². The highest BCUT2D eigenvalue weighted by Gasteiger charge is 2.48. The molecule has 0 saturated heterocycles. The van der Waals surface area contributed by atoms with Crippen molar-refractivity contribution in [3.63, 3.8) is 0 Å². The fraction of sp³-hybridized carbons (Fsp3) is 0.439. The molecule has 11 nitrogen and oxygen atoms in total. The van der Waals surface area contributed by atoms with Crippen molar-refractivity contribution >= 4 is 63.9 Å².